The second-order valence-corrected chi connectivity index (χ2v) is 7.62. The lowest BCUT2D eigenvalue weighted by Gasteiger charge is -2.23. The van der Waals surface area contributed by atoms with Crippen molar-refractivity contribution in [3.8, 4) is 0 Å². The van der Waals surface area contributed by atoms with Crippen molar-refractivity contribution in [3.05, 3.63) is 53.5 Å². The van der Waals surface area contributed by atoms with E-state index in [2.05, 4.69) is 4.99 Å². The van der Waals surface area contributed by atoms with Crippen LogP contribution in [0.15, 0.2) is 52.8 Å². The first-order valence-corrected chi connectivity index (χ1v) is 10.4. The van der Waals surface area contributed by atoms with E-state index in [1.807, 2.05) is 54.4 Å². The molecule has 0 fully saturated rings. The van der Waals surface area contributed by atoms with E-state index in [0.717, 1.165) is 16.4 Å². The summed E-state index contributed by atoms with van der Waals surface area (Å²) in [6.07, 6.45) is 13.9. The maximum Gasteiger partial charge on any atom is 0.217 e. The molecule has 1 unspecified atom stereocenters. The Morgan fingerprint density at radius 3 is 2.97 bits per heavy atom. The molecule has 0 saturated heterocycles. The van der Waals surface area contributed by atoms with Crippen molar-refractivity contribution in [2.75, 3.05) is 18.6 Å². The largest absolute Gasteiger partial charge is 0.370 e. The Morgan fingerprint density at radius 2 is 2.24 bits per heavy atom. The maximum absolute atomic E-state index is 13.4. The van der Waals surface area contributed by atoms with Gasteiger partial charge >= 0.3 is 0 Å². The van der Waals surface area contributed by atoms with E-state index in [-0.39, 0.29) is 17.8 Å². The van der Waals surface area contributed by atoms with E-state index in [1.165, 1.54) is 17.4 Å². The van der Waals surface area contributed by atoms with Crippen LogP contribution in [0.5, 0.6) is 0 Å². The minimum atomic E-state index is -0.311. The van der Waals surface area contributed by atoms with E-state index in [0.29, 0.717) is 25.9 Å². The van der Waals surface area contributed by atoms with Gasteiger partial charge in [-0.25, -0.2) is 9.37 Å². The summed E-state index contributed by atoms with van der Waals surface area (Å²) >= 11 is 1.54. The highest BCUT2D eigenvalue weighted by molar-refractivity contribution is 7.13. The molecule has 0 spiro atoms. The van der Waals surface area contributed by atoms with Gasteiger partial charge in [0.1, 0.15) is 5.83 Å². The Bertz CT molecular complexity index is 840. The van der Waals surface area contributed by atoms with Crippen molar-refractivity contribution >= 4 is 34.3 Å². The van der Waals surface area contributed by atoms with E-state index >= 15 is 0 Å². The molecule has 156 valence electrons. The van der Waals surface area contributed by atoms with Crippen LogP contribution in [0.25, 0.3) is 5.57 Å². The highest BCUT2D eigenvalue weighted by Crippen LogP contribution is 2.27. The van der Waals surface area contributed by atoms with E-state index < -0.39 is 0 Å². The number of aliphatic imine (C=N–C) groups is 1. The fourth-order valence-electron chi connectivity index (χ4n) is 2.61. The molecule has 2 rings (SSSR count). The average Bonchev–Trinajstić information content (AvgIpc) is 3.07. The summed E-state index contributed by atoms with van der Waals surface area (Å²) in [6.45, 7) is 4.46. The van der Waals surface area contributed by atoms with Gasteiger partial charge in [0.25, 0.3) is 0 Å². The van der Waals surface area contributed by atoms with Gasteiger partial charge in [-0.1, -0.05) is 18.2 Å². The van der Waals surface area contributed by atoms with Crippen LogP contribution in [0.1, 0.15) is 38.8 Å². The summed E-state index contributed by atoms with van der Waals surface area (Å²) in [5.74, 6) is -0.538. The van der Waals surface area contributed by atoms with Gasteiger partial charge < -0.3 is 15.5 Å². The standard InChI is InChI=1S/C21H28FN5OS/c1-4-12-27(14-24-16(2)8-11-20(23)28)15-26(3)21-25-19(13-29-21)17-6-5-7-18(22)10-9-17/h4,6-7,9-10,12-14,16H,5,8,11,15H2,1-3H3,(H2,23,28)/b12-4-,24-14-. The lowest BCUT2D eigenvalue weighted by atomic mass is 10.2. The van der Waals surface area contributed by atoms with Crippen LogP contribution in [0.3, 0.4) is 0 Å². The van der Waals surface area contributed by atoms with Gasteiger partial charge in [0.2, 0.25) is 5.91 Å². The Labute approximate surface area is 175 Å². The molecule has 0 radical (unpaired) electrons. The number of carbonyl (C=O) groups excluding carboxylic acids is 1. The van der Waals surface area contributed by atoms with Crippen molar-refractivity contribution in [2.45, 2.75) is 39.2 Å². The molecule has 8 heteroatoms. The minimum Gasteiger partial charge on any atom is -0.370 e. The number of amides is 1. The van der Waals surface area contributed by atoms with Gasteiger partial charge in [0, 0.05) is 31.1 Å². The molecule has 0 saturated carbocycles. The third-order valence-corrected chi connectivity index (χ3v) is 5.14. The second-order valence-electron chi connectivity index (χ2n) is 6.79. The minimum absolute atomic E-state index is 0.00925. The molecule has 1 heterocycles. The number of nitrogens with zero attached hydrogens (tertiary/aromatic N) is 4. The van der Waals surface area contributed by atoms with Crippen LogP contribution in [-0.2, 0) is 4.79 Å². The molecule has 1 aromatic rings. The molecule has 0 bridgehead atoms. The number of hydrogen-bond donors (Lipinski definition) is 1. The van der Waals surface area contributed by atoms with Gasteiger partial charge in [0.05, 0.1) is 18.7 Å². The molecular weight excluding hydrogens is 389 g/mol. The fraction of sp³-hybridized carbons (Fsp3) is 0.381. The molecule has 29 heavy (non-hydrogen) atoms. The SMILES string of the molecule is C/C=C\N(/C=N\C(C)CCC(N)=O)CN(C)c1nc(C2=CCC=C(F)C=C2)cs1. The molecular formula is C21H28FN5OS. The van der Waals surface area contributed by atoms with Crippen molar-refractivity contribution in [1.82, 2.24) is 9.88 Å². The number of rotatable bonds is 10. The molecule has 0 aliphatic heterocycles. The smallest absolute Gasteiger partial charge is 0.217 e. The molecule has 0 aromatic carbocycles. The second kappa shape index (κ2) is 11.3. The van der Waals surface area contributed by atoms with Crippen molar-refractivity contribution in [3.63, 3.8) is 0 Å². The third-order valence-electron chi connectivity index (χ3n) is 4.18. The summed E-state index contributed by atoms with van der Waals surface area (Å²) < 4.78 is 13.4. The highest BCUT2D eigenvalue weighted by Gasteiger charge is 2.12. The zero-order valence-electron chi connectivity index (χ0n) is 17.1. The lowest BCUT2D eigenvalue weighted by molar-refractivity contribution is -0.118. The zero-order valence-corrected chi connectivity index (χ0v) is 17.9. The summed E-state index contributed by atoms with van der Waals surface area (Å²) in [7, 11) is 1.96. The number of allylic oxidation sites excluding steroid dienone is 7. The summed E-state index contributed by atoms with van der Waals surface area (Å²) in [6, 6.07) is 0.00925. The Hall–Kier alpha value is -2.74. The zero-order chi connectivity index (χ0) is 21.2. The molecule has 1 aromatic heterocycles. The Balaban J connectivity index is 2.00. The van der Waals surface area contributed by atoms with Crippen LogP contribution < -0.4 is 10.6 Å². The van der Waals surface area contributed by atoms with Crippen molar-refractivity contribution < 1.29 is 9.18 Å². The summed E-state index contributed by atoms with van der Waals surface area (Å²) in [4.78, 5) is 24.1. The van der Waals surface area contributed by atoms with Crippen molar-refractivity contribution in [2.24, 2.45) is 10.7 Å². The number of halogens is 1. The number of thiazole rings is 1. The normalized spacial score (nSPS) is 15.3. The first-order chi connectivity index (χ1) is 13.9. The van der Waals surface area contributed by atoms with E-state index in [9.17, 15) is 9.18 Å². The van der Waals surface area contributed by atoms with Crippen LogP contribution in [-0.4, -0.2) is 41.9 Å². The lowest BCUT2D eigenvalue weighted by Crippen LogP contribution is -2.31. The first kappa shape index (κ1) is 22.5. The molecule has 2 N–H and O–H groups in total. The number of primary amides is 1. The topological polar surface area (TPSA) is 74.8 Å². The molecule has 1 atom stereocenters. The molecule has 1 amide bonds. The Morgan fingerprint density at radius 1 is 1.45 bits per heavy atom. The van der Waals surface area contributed by atoms with Gasteiger partial charge in [-0.2, -0.15) is 0 Å². The summed E-state index contributed by atoms with van der Waals surface area (Å²) in [5, 5.41) is 2.84. The Kier molecular flexibility index (Phi) is 8.79. The van der Waals surface area contributed by atoms with Gasteiger partial charge in [-0.05, 0) is 44.4 Å². The van der Waals surface area contributed by atoms with Gasteiger partial charge in [-0.15, -0.1) is 11.3 Å². The maximum atomic E-state index is 13.4. The van der Waals surface area contributed by atoms with Gasteiger partial charge in [0.15, 0.2) is 5.13 Å². The predicted molar refractivity (Wildman–Crippen MR) is 119 cm³/mol. The quantitative estimate of drug-likeness (QED) is 0.351. The number of anilines is 1. The number of carbonyl (C=O) groups is 1. The van der Waals surface area contributed by atoms with E-state index in [1.54, 1.807) is 18.5 Å². The van der Waals surface area contributed by atoms with Crippen LogP contribution in [0.2, 0.25) is 0 Å². The van der Waals surface area contributed by atoms with Crippen LogP contribution in [0.4, 0.5) is 9.52 Å². The fourth-order valence-corrected chi connectivity index (χ4v) is 3.40. The monoisotopic (exact) mass is 417 g/mol. The highest BCUT2D eigenvalue weighted by atomic mass is 32.1. The predicted octanol–water partition coefficient (Wildman–Crippen LogP) is 4.25. The van der Waals surface area contributed by atoms with Crippen LogP contribution >= 0.6 is 11.3 Å². The van der Waals surface area contributed by atoms with E-state index in [4.69, 9.17) is 10.7 Å². The molecule has 1 aliphatic carbocycles. The molecule has 1 aliphatic rings. The average molecular weight is 418 g/mol. The van der Waals surface area contributed by atoms with Crippen LogP contribution in [0, 0.1) is 0 Å². The summed E-state index contributed by atoms with van der Waals surface area (Å²) in [5.41, 5.74) is 6.94. The number of hydrogen-bond acceptors (Lipinski definition) is 5. The number of aromatic nitrogens is 1. The first-order valence-electron chi connectivity index (χ1n) is 9.50. The van der Waals surface area contributed by atoms with Gasteiger partial charge in [-0.3, -0.25) is 9.79 Å². The van der Waals surface area contributed by atoms with Crippen molar-refractivity contribution in [1.29, 1.82) is 0 Å². The number of nitrogens with two attached hydrogens (primary N) is 1. The third kappa shape index (κ3) is 7.65. The molecule has 6 nitrogen and oxygen atoms in total.